The highest BCUT2D eigenvalue weighted by Crippen LogP contribution is 2.28. The molecule has 1 aliphatic heterocycles. The molecule has 10 heteroatoms. The first kappa shape index (κ1) is 28.5. The minimum Gasteiger partial charge on any atom is -0.369 e. The highest BCUT2D eigenvalue weighted by atomic mass is 19.1. The van der Waals surface area contributed by atoms with Gasteiger partial charge in [0, 0.05) is 56.2 Å². The molecule has 1 heterocycles. The first-order chi connectivity index (χ1) is 19.3. The Morgan fingerprint density at radius 2 is 1.57 bits per heavy atom. The van der Waals surface area contributed by atoms with Crippen molar-refractivity contribution in [3.05, 3.63) is 89.5 Å². The summed E-state index contributed by atoms with van der Waals surface area (Å²) in [7, 11) is 0. The number of nitrogens with zero attached hydrogens (tertiary/aromatic N) is 3. The molecule has 210 valence electrons. The predicted molar refractivity (Wildman–Crippen MR) is 152 cm³/mol. The van der Waals surface area contributed by atoms with E-state index in [1.807, 2.05) is 13.8 Å². The van der Waals surface area contributed by atoms with E-state index in [0.717, 1.165) is 0 Å². The van der Waals surface area contributed by atoms with Crippen LogP contribution in [0.2, 0.25) is 0 Å². The smallest absolute Gasteiger partial charge is 0.321 e. The highest BCUT2D eigenvalue weighted by Gasteiger charge is 2.25. The zero-order valence-corrected chi connectivity index (χ0v) is 22.6. The third-order valence-electron chi connectivity index (χ3n) is 6.88. The number of hydrogen-bond acceptors (Lipinski definition) is 4. The molecule has 0 saturated carbocycles. The molecular weight excluding hydrogens is 516 g/mol. The third-order valence-corrected chi connectivity index (χ3v) is 6.88. The molecule has 1 saturated heterocycles. The summed E-state index contributed by atoms with van der Waals surface area (Å²) in [5.41, 5.74) is 1.99. The monoisotopic (exact) mass is 549 g/mol. The Hall–Kier alpha value is -4.47. The van der Waals surface area contributed by atoms with Gasteiger partial charge in [-0.25, -0.2) is 13.6 Å². The molecule has 40 heavy (non-hydrogen) atoms. The molecule has 0 bridgehead atoms. The van der Waals surface area contributed by atoms with E-state index < -0.39 is 17.5 Å². The SMILES string of the molecule is CCN(CC)C(=O)c1cc(NC(=O)c2ccc(F)cc2)ccc1N1CCCN(C(=O)Nc2ccccc2F)CC1. The van der Waals surface area contributed by atoms with Crippen LogP contribution in [0.1, 0.15) is 41.0 Å². The van der Waals surface area contributed by atoms with Gasteiger partial charge >= 0.3 is 6.03 Å². The van der Waals surface area contributed by atoms with Gasteiger partial charge < -0.3 is 25.3 Å². The minimum atomic E-state index is -0.501. The summed E-state index contributed by atoms with van der Waals surface area (Å²) in [4.78, 5) is 44.5. The number of rotatable bonds is 7. The van der Waals surface area contributed by atoms with E-state index in [-0.39, 0.29) is 17.6 Å². The maximum Gasteiger partial charge on any atom is 0.321 e. The summed E-state index contributed by atoms with van der Waals surface area (Å²) in [6, 6.07) is 16.0. The zero-order valence-electron chi connectivity index (χ0n) is 22.6. The molecule has 1 fully saturated rings. The summed E-state index contributed by atoms with van der Waals surface area (Å²) < 4.78 is 27.3. The van der Waals surface area contributed by atoms with Gasteiger partial charge in [-0.3, -0.25) is 9.59 Å². The minimum absolute atomic E-state index is 0.124. The Balaban J connectivity index is 1.54. The fraction of sp³-hybridized carbons (Fsp3) is 0.300. The molecule has 3 aromatic rings. The van der Waals surface area contributed by atoms with E-state index in [1.165, 1.54) is 36.4 Å². The molecule has 0 radical (unpaired) electrons. The lowest BCUT2D eigenvalue weighted by atomic mass is 10.1. The van der Waals surface area contributed by atoms with Gasteiger partial charge in [0.15, 0.2) is 0 Å². The Bertz CT molecular complexity index is 1360. The van der Waals surface area contributed by atoms with Gasteiger partial charge in [-0.15, -0.1) is 0 Å². The molecule has 4 rings (SSSR count). The van der Waals surface area contributed by atoms with Crippen molar-refractivity contribution in [3.63, 3.8) is 0 Å². The Labute approximate surface area is 232 Å². The molecule has 2 N–H and O–H groups in total. The van der Waals surface area contributed by atoms with Gasteiger partial charge in [0.1, 0.15) is 11.6 Å². The summed E-state index contributed by atoms with van der Waals surface area (Å²) in [6.07, 6.45) is 0.645. The van der Waals surface area contributed by atoms with Crippen LogP contribution in [0.3, 0.4) is 0 Å². The molecule has 0 unspecified atom stereocenters. The zero-order chi connectivity index (χ0) is 28.6. The van der Waals surface area contributed by atoms with Crippen molar-refractivity contribution in [2.45, 2.75) is 20.3 Å². The molecule has 3 aromatic carbocycles. The maximum absolute atomic E-state index is 14.0. The molecule has 0 atom stereocenters. The van der Waals surface area contributed by atoms with Crippen LogP contribution in [0.5, 0.6) is 0 Å². The van der Waals surface area contributed by atoms with E-state index in [4.69, 9.17) is 0 Å². The number of amides is 4. The second kappa shape index (κ2) is 13.1. The fourth-order valence-electron chi connectivity index (χ4n) is 4.66. The van der Waals surface area contributed by atoms with Crippen molar-refractivity contribution in [2.24, 2.45) is 0 Å². The number of anilines is 3. The van der Waals surface area contributed by atoms with Crippen molar-refractivity contribution in [2.75, 3.05) is 54.8 Å². The summed E-state index contributed by atoms with van der Waals surface area (Å²) in [5, 5.41) is 5.43. The molecule has 0 aliphatic carbocycles. The number of para-hydroxylation sites is 1. The van der Waals surface area contributed by atoms with Crippen LogP contribution in [0.15, 0.2) is 66.7 Å². The second-order valence-electron chi connectivity index (χ2n) is 9.41. The van der Waals surface area contributed by atoms with Crippen LogP contribution in [0, 0.1) is 11.6 Å². The third kappa shape index (κ3) is 6.74. The number of urea groups is 1. The lowest BCUT2D eigenvalue weighted by Gasteiger charge is -2.28. The van der Waals surface area contributed by atoms with Crippen molar-refractivity contribution in [3.8, 4) is 0 Å². The Morgan fingerprint density at radius 3 is 2.27 bits per heavy atom. The summed E-state index contributed by atoms with van der Waals surface area (Å²) >= 11 is 0. The number of hydrogen-bond donors (Lipinski definition) is 2. The quantitative estimate of drug-likeness (QED) is 0.411. The van der Waals surface area contributed by atoms with E-state index in [0.29, 0.717) is 68.2 Å². The largest absolute Gasteiger partial charge is 0.369 e. The van der Waals surface area contributed by atoms with Crippen molar-refractivity contribution in [1.82, 2.24) is 9.80 Å². The van der Waals surface area contributed by atoms with Crippen LogP contribution in [-0.4, -0.2) is 66.9 Å². The Kier molecular flexibility index (Phi) is 9.31. The van der Waals surface area contributed by atoms with Gasteiger partial charge in [-0.1, -0.05) is 12.1 Å². The summed E-state index contributed by atoms with van der Waals surface area (Å²) in [5.74, 6) is -1.52. The van der Waals surface area contributed by atoms with Crippen LogP contribution in [0.25, 0.3) is 0 Å². The van der Waals surface area contributed by atoms with Crippen molar-refractivity contribution < 1.29 is 23.2 Å². The van der Waals surface area contributed by atoms with Crippen LogP contribution in [-0.2, 0) is 0 Å². The van der Waals surface area contributed by atoms with Crippen LogP contribution >= 0.6 is 0 Å². The first-order valence-corrected chi connectivity index (χ1v) is 13.4. The molecule has 4 amide bonds. The van der Waals surface area contributed by atoms with Crippen molar-refractivity contribution in [1.29, 1.82) is 0 Å². The lowest BCUT2D eigenvalue weighted by Crippen LogP contribution is -2.38. The number of halogens is 2. The molecule has 8 nitrogen and oxygen atoms in total. The number of carbonyl (C=O) groups excluding carboxylic acids is 3. The van der Waals surface area contributed by atoms with E-state index in [9.17, 15) is 23.2 Å². The highest BCUT2D eigenvalue weighted by molar-refractivity contribution is 6.06. The average Bonchev–Trinajstić information content (AvgIpc) is 3.21. The lowest BCUT2D eigenvalue weighted by molar-refractivity contribution is 0.0773. The molecule has 0 spiro atoms. The van der Waals surface area contributed by atoms with Gasteiger partial charge in [-0.05, 0) is 74.9 Å². The predicted octanol–water partition coefficient (Wildman–Crippen LogP) is 5.44. The number of benzene rings is 3. The Morgan fingerprint density at radius 1 is 0.850 bits per heavy atom. The van der Waals surface area contributed by atoms with Crippen LogP contribution in [0.4, 0.5) is 30.6 Å². The average molecular weight is 550 g/mol. The molecule has 1 aliphatic rings. The van der Waals surface area contributed by atoms with E-state index in [2.05, 4.69) is 15.5 Å². The fourth-order valence-corrected chi connectivity index (χ4v) is 4.66. The number of carbonyl (C=O) groups is 3. The second-order valence-corrected chi connectivity index (χ2v) is 9.41. The van der Waals surface area contributed by atoms with Gasteiger partial charge in [0.25, 0.3) is 11.8 Å². The van der Waals surface area contributed by atoms with Crippen LogP contribution < -0.4 is 15.5 Å². The molecular formula is C30H33F2N5O3. The molecule has 0 aromatic heterocycles. The van der Waals surface area contributed by atoms with Gasteiger partial charge in [0.05, 0.1) is 11.3 Å². The van der Waals surface area contributed by atoms with Crippen molar-refractivity contribution >= 4 is 34.9 Å². The normalized spacial score (nSPS) is 13.4. The maximum atomic E-state index is 14.0. The summed E-state index contributed by atoms with van der Waals surface area (Å²) in [6.45, 7) is 6.76. The standard InChI is InChI=1S/C30H33F2N5O3/c1-3-35(4-2)29(39)24-20-23(33-28(38)21-10-12-22(31)13-11-21)14-15-27(24)36-16-7-17-37(19-18-36)30(40)34-26-9-6-5-8-25(26)32/h5-6,8-15,20H,3-4,7,16-19H2,1-2H3,(H,33,38)(H,34,40). The topological polar surface area (TPSA) is 85.0 Å². The van der Waals surface area contributed by atoms with Gasteiger partial charge in [-0.2, -0.15) is 0 Å². The first-order valence-electron chi connectivity index (χ1n) is 13.4. The van der Waals surface area contributed by atoms with Gasteiger partial charge in [0.2, 0.25) is 0 Å². The number of nitrogens with one attached hydrogen (secondary N) is 2. The van der Waals surface area contributed by atoms with E-state index >= 15 is 0 Å². The van der Waals surface area contributed by atoms with E-state index in [1.54, 1.807) is 40.1 Å².